The second-order valence-electron chi connectivity index (χ2n) is 6.25. The first-order valence-corrected chi connectivity index (χ1v) is 9.33. The lowest BCUT2D eigenvalue weighted by Crippen LogP contribution is -2.37. The molecule has 0 aromatic heterocycles. The number of hydrogen-bond acceptors (Lipinski definition) is 4. The molecule has 0 spiro atoms. The number of benzene rings is 1. The Labute approximate surface area is 174 Å². The Kier molecular flexibility index (Phi) is 12.4. The highest BCUT2D eigenvalue weighted by Crippen LogP contribution is 2.13. The molecule has 0 saturated carbocycles. The van der Waals surface area contributed by atoms with Gasteiger partial charge < -0.3 is 20.5 Å². The van der Waals surface area contributed by atoms with E-state index in [4.69, 9.17) is 15.2 Å². The quantitative estimate of drug-likeness (QED) is 0.235. The molecule has 3 N–H and O–H groups in total. The van der Waals surface area contributed by atoms with E-state index in [0.717, 1.165) is 77.6 Å². The molecule has 6 nitrogen and oxygen atoms in total. The van der Waals surface area contributed by atoms with Gasteiger partial charge in [0.25, 0.3) is 0 Å². The van der Waals surface area contributed by atoms with Crippen molar-refractivity contribution in [2.75, 3.05) is 52.5 Å². The monoisotopic (exact) mass is 476 g/mol. The van der Waals surface area contributed by atoms with Crippen molar-refractivity contribution in [1.29, 1.82) is 0 Å². The fraction of sp³-hybridized carbons (Fsp3) is 0.632. The molecule has 148 valence electrons. The van der Waals surface area contributed by atoms with E-state index in [1.165, 1.54) is 5.56 Å². The predicted octanol–water partition coefficient (Wildman–Crippen LogP) is 2.26. The van der Waals surface area contributed by atoms with Gasteiger partial charge in [0, 0.05) is 32.7 Å². The third-order valence-electron chi connectivity index (χ3n) is 4.11. The molecule has 0 amide bonds. The van der Waals surface area contributed by atoms with Gasteiger partial charge in [0.05, 0.1) is 19.8 Å². The molecule has 1 heterocycles. The third-order valence-corrected chi connectivity index (χ3v) is 4.11. The number of nitrogens with two attached hydrogens (primary N) is 1. The van der Waals surface area contributed by atoms with Gasteiger partial charge in [-0.2, -0.15) is 0 Å². The molecule has 0 bridgehead atoms. The van der Waals surface area contributed by atoms with Crippen LogP contribution in [0.15, 0.2) is 29.3 Å². The highest BCUT2D eigenvalue weighted by atomic mass is 127. The van der Waals surface area contributed by atoms with Gasteiger partial charge in [-0.3, -0.25) is 9.89 Å². The first-order valence-electron chi connectivity index (χ1n) is 9.33. The number of hydrogen-bond donors (Lipinski definition) is 2. The second-order valence-corrected chi connectivity index (χ2v) is 6.25. The van der Waals surface area contributed by atoms with Gasteiger partial charge in [-0.1, -0.05) is 19.1 Å². The van der Waals surface area contributed by atoms with Crippen LogP contribution in [0.5, 0.6) is 5.75 Å². The number of halogens is 1. The molecule has 0 radical (unpaired) electrons. The maximum Gasteiger partial charge on any atom is 0.188 e. The van der Waals surface area contributed by atoms with Crippen molar-refractivity contribution < 1.29 is 9.47 Å². The van der Waals surface area contributed by atoms with Crippen LogP contribution >= 0.6 is 24.0 Å². The second kappa shape index (κ2) is 14.1. The van der Waals surface area contributed by atoms with Gasteiger partial charge in [0.1, 0.15) is 5.75 Å². The highest BCUT2D eigenvalue weighted by molar-refractivity contribution is 14.0. The molecular formula is C19H33IN4O2. The maximum atomic E-state index is 5.93. The van der Waals surface area contributed by atoms with Crippen LogP contribution in [0.1, 0.15) is 25.3 Å². The SMILES string of the molecule is CCCOc1cccc(CCNC(N)=NCCCN2CCOCC2)c1.I. The highest BCUT2D eigenvalue weighted by Gasteiger charge is 2.08. The fourth-order valence-electron chi connectivity index (χ4n) is 2.72. The zero-order valence-electron chi connectivity index (χ0n) is 15.8. The van der Waals surface area contributed by atoms with E-state index in [-0.39, 0.29) is 24.0 Å². The summed E-state index contributed by atoms with van der Waals surface area (Å²) in [5, 5.41) is 3.19. The fourth-order valence-corrected chi connectivity index (χ4v) is 2.72. The molecular weight excluding hydrogens is 443 g/mol. The third kappa shape index (κ3) is 9.59. The number of nitrogens with zero attached hydrogens (tertiary/aromatic N) is 2. The van der Waals surface area contributed by atoms with E-state index < -0.39 is 0 Å². The number of aliphatic imine (C=N–C) groups is 1. The Morgan fingerprint density at radius 1 is 1.35 bits per heavy atom. The minimum Gasteiger partial charge on any atom is -0.494 e. The van der Waals surface area contributed by atoms with Crippen molar-refractivity contribution in [2.24, 2.45) is 10.7 Å². The lowest BCUT2D eigenvalue weighted by Gasteiger charge is -2.26. The van der Waals surface area contributed by atoms with Crippen molar-refractivity contribution in [3.05, 3.63) is 29.8 Å². The van der Waals surface area contributed by atoms with Crippen LogP contribution < -0.4 is 15.8 Å². The van der Waals surface area contributed by atoms with E-state index in [1.807, 2.05) is 12.1 Å². The number of ether oxygens (including phenoxy) is 2. The number of rotatable bonds is 10. The summed E-state index contributed by atoms with van der Waals surface area (Å²) < 4.78 is 11.0. The van der Waals surface area contributed by atoms with Crippen molar-refractivity contribution in [2.45, 2.75) is 26.2 Å². The molecule has 0 unspecified atom stereocenters. The molecule has 1 aromatic rings. The normalized spacial score (nSPS) is 15.3. The van der Waals surface area contributed by atoms with Crippen LogP contribution in [0.3, 0.4) is 0 Å². The standard InChI is InChI=1S/C19H32N4O2.HI/c1-2-13-25-18-6-3-5-17(16-18)7-9-22-19(20)21-8-4-10-23-11-14-24-15-12-23;/h3,5-6,16H,2,4,7-15H2,1H3,(H3,20,21,22);1H. The van der Waals surface area contributed by atoms with Crippen molar-refractivity contribution in [1.82, 2.24) is 10.2 Å². The van der Waals surface area contributed by atoms with Crippen molar-refractivity contribution in [3.8, 4) is 5.75 Å². The first-order chi connectivity index (χ1) is 12.3. The number of guanidine groups is 1. The van der Waals surface area contributed by atoms with Crippen molar-refractivity contribution >= 4 is 29.9 Å². The molecule has 1 aliphatic rings. The summed E-state index contributed by atoms with van der Waals surface area (Å²) in [6.07, 6.45) is 2.94. The lowest BCUT2D eigenvalue weighted by molar-refractivity contribution is 0.0377. The summed E-state index contributed by atoms with van der Waals surface area (Å²) in [4.78, 5) is 6.81. The Bertz CT molecular complexity index is 522. The Hall–Kier alpha value is -1.06. The molecule has 1 aromatic carbocycles. The number of nitrogens with one attached hydrogen (secondary N) is 1. The van der Waals surface area contributed by atoms with Crippen LogP contribution in [0.2, 0.25) is 0 Å². The molecule has 26 heavy (non-hydrogen) atoms. The maximum absolute atomic E-state index is 5.93. The van der Waals surface area contributed by atoms with Crippen LogP contribution in [-0.4, -0.2) is 63.4 Å². The van der Waals surface area contributed by atoms with E-state index in [0.29, 0.717) is 5.96 Å². The van der Waals surface area contributed by atoms with Crippen LogP contribution in [-0.2, 0) is 11.2 Å². The molecule has 1 saturated heterocycles. The molecule has 1 fully saturated rings. The van der Waals surface area contributed by atoms with Crippen LogP contribution in [0, 0.1) is 0 Å². The van der Waals surface area contributed by atoms with Gasteiger partial charge >= 0.3 is 0 Å². The molecule has 7 heteroatoms. The van der Waals surface area contributed by atoms with Gasteiger partial charge in [-0.15, -0.1) is 24.0 Å². The van der Waals surface area contributed by atoms with E-state index in [2.05, 4.69) is 34.3 Å². The van der Waals surface area contributed by atoms with Crippen LogP contribution in [0.25, 0.3) is 0 Å². The van der Waals surface area contributed by atoms with E-state index in [1.54, 1.807) is 0 Å². The molecule has 0 atom stereocenters. The first kappa shape index (κ1) is 23.0. The topological polar surface area (TPSA) is 72.1 Å². The summed E-state index contributed by atoms with van der Waals surface area (Å²) >= 11 is 0. The average Bonchev–Trinajstić information content (AvgIpc) is 2.65. The van der Waals surface area contributed by atoms with Gasteiger partial charge in [0.2, 0.25) is 0 Å². The molecule has 2 rings (SSSR count). The zero-order valence-corrected chi connectivity index (χ0v) is 18.1. The summed E-state index contributed by atoms with van der Waals surface area (Å²) in [6.45, 7) is 9.20. The number of morpholine rings is 1. The zero-order chi connectivity index (χ0) is 17.7. The summed E-state index contributed by atoms with van der Waals surface area (Å²) in [5.41, 5.74) is 7.17. The average molecular weight is 476 g/mol. The Morgan fingerprint density at radius 2 is 2.15 bits per heavy atom. The van der Waals surface area contributed by atoms with Crippen molar-refractivity contribution in [3.63, 3.8) is 0 Å². The minimum absolute atomic E-state index is 0. The summed E-state index contributed by atoms with van der Waals surface area (Å²) in [7, 11) is 0. The van der Waals surface area contributed by atoms with Crippen LogP contribution in [0.4, 0.5) is 0 Å². The minimum atomic E-state index is 0. The lowest BCUT2D eigenvalue weighted by atomic mass is 10.1. The smallest absolute Gasteiger partial charge is 0.188 e. The summed E-state index contributed by atoms with van der Waals surface area (Å²) in [5.74, 6) is 1.46. The molecule has 0 aliphatic carbocycles. The van der Waals surface area contributed by atoms with Gasteiger partial charge in [-0.25, -0.2) is 0 Å². The van der Waals surface area contributed by atoms with Gasteiger partial charge in [0.15, 0.2) is 5.96 Å². The Balaban J connectivity index is 0.00000338. The summed E-state index contributed by atoms with van der Waals surface area (Å²) in [6, 6.07) is 8.23. The molecule has 1 aliphatic heterocycles. The predicted molar refractivity (Wildman–Crippen MR) is 118 cm³/mol. The largest absolute Gasteiger partial charge is 0.494 e. The van der Waals surface area contributed by atoms with E-state index >= 15 is 0 Å². The van der Waals surface area contributed by atoms with Gasteiger partial charge in [-0.05, 0) is 37.0 Å². The van der Waals surface area contributed by atoms with E-state index in [9.17, 15) is 0 Å². The Morgan fingerprint density at radius 3 is 2.92 bits per heavy atom.